The van der Waals surface area contributed by atoms with Crippen molar-refractivity contribution in [2.24, 2.45) is 5.73 Å². The quantitative estimate of drug-likeness (QED) is 0.700. The highest BCUT2D eigenvalue weighted by Crippen LogP contribution is 2.25. The van der Waals surface area contributed by atoms with Gasteiger partial charge in [0, 0.05) is 11.1 Å². The molecule has 1 amide bonds. The number of nitrogens with two attached hydrogens (primary N) is 1. The molecule has 0 aliphatic rings. The van der Waals surface area contributed by atoms with Crippen molar-refractivity contribution in [1.29, 1.82) is 0 Å². The molecule has 0 radical (unpaired) electrons. The smallest absolute Gasteiger partial charge is 0.248 e. The van der Waals surface area contributed by atoms with Crippen LogP contribution in [0, 0.1) is 18.6 Å². The number of aryl methyl sites for hydroxylation is 1. The molecule has 0 saturated carbocycles. The van der Waals surface area contributed by atoms with Crippen molar-refractivity contribution in [2.75, 3.05) is 5.32 Å². The highest BCUT2D eigenvalue weighted by Gasteiger charge is 2.24. The average molecular weight is 384 g/mol. The number of pyridine rings is 1. The van der Waals surface area contributed by atoms with E-state index in [9.17, 15) is 13.6 Å². The Labute approximate surface area is 160 Å². The Morgan fingerprint density at radius 1 is 1.11 bits per heavy atom. The van der Waals surface area contributed by atoms with Gasteiger partial charge < -0.3 is 11.1 Å². The highest BCUT2D eigenvalue weighted by atomic mass is 19.1. The van der Waals surface area contributed by atoms with Gasteiger partial charge in [0.15, 0.2) is 0 Å². The number of hydrogen-bond donors (Lipinski definition) is 2. The van der Waals surface area contributed by atoms with Crippen LogP contribution in [0.15, 0.2) is 36.5 Å². The summed E-state index contributed by atoms with van der Waals surface area (Å²) >= 11 is 0. The number of amides is 1. The lowest BCUT2D eigenvalue weighted by atomic mass is 10.00. The lowest BCUT2D eigenvalue weighted by molar-refractivity contribution is 0.100. The molecule has 9 heteroatoms. The minimum Gasteiger partial charge on any atom is -0.366 e. The van der Waals surface area contributed by atoms with Gasteiger partial charge in [-0.05, 0) is 51.1 Å². The summed E-state index contributed by atoms with van der Waals surface area (Å²) in [6, 6.07) is 6.64. The molecular weight excluding hydrogens is 366 g/mol. The van der Waals surface area contributed by atoms with Crippen molar-refractivity contribution < 1.29 is 13.6 Å². The largest absolute Gasteiger partial charge is 0.366 e. The van der Waals surface area contributed by atoms with Gasteiger partial charge in [0.25, 0.3) is 0 Å². The maximum absolute atomic E-state index is 14.1. The van der Waals surface area contributed by atoms with Gasteiger partial charge in [-0.1, -0.05) is 0 Å². The number of hydrogen-bond acceptors (Lipinski definition) is 6. The molecule has 2 heterocycles. The van der Waals surface area contributed by atoms with E-state index < -0.39 is 17.3 Å². The van der Waals surface area contributed by atoms with Gasteiger partial charge in [0.2, 0.25) is 11.9 Å². The molecule has 0 spiro atoms. The van der Waals surface area contributed by atoms with Gasteiger partial charge >= 0.3 is 0 Å². The Balaban J connectivity index is 1.86. The van der Waals surface area contributed by atoms with Crippen LogP contribution in [-0.2, 0) is 5.54 Å². The van der Waals surface area contributed by atoms with Crippen molar-refractivity contribution >= 4 is 11.9 Å². The minimum atomic E-state index is -0.710. The molecule has 0 aliphatic carbocycles. The van der Waals surface area contributed by atoms with Crippen molar-refractivity contribution in [3.05, 3.63) is 65.1 Å². The van der Waals surface area contributed by atoms with Crippen LogP contribution in [0.4, 0.5) is 14.7 Å². The molecular formula is C19H18F2N6O. The molecule has 0 unspecified atom stereocenters. The molecule has 144 valence electrons. The molecule has 2 aromatic heterocycles. The van der Waals surface area contributed by atoms with E-state index in [1.165, 1.54) is 24.4 Å². The van der Waals surface area contributed by atoms with E-state index in [4.69, 9.17) is 5.73 Å². The summed E-state index contributed by atoms with van der Waals surface area (Å²) in [5.74, 6) is -1.46. The molecule has 3 rings (SSSR count). The molecule has 0 atom stereocenters. The van der Waals surface area contributed by atoms with Gasteiger partial charge in [-0.2, -0.15) is 0 Å². The molecule has 1 aromatic carbocycles. The molecule has 0 bridgehead atoms. The first-order valence-corrected chi connectivity index (χ1v) is 8.38. The number of benzene rings is 1. The summed E-state index contributed by atoms with van der Waals surface area (Å²) in [7, 11) is 0. The third-order valence-electron chi connectivity index (χ3n) is 4.17. The summed E-state index contributed by atoms with van der Waals surface area (Å²) in [5, 5.41) is 11.0. The van der Waals surface area contributed by atoms with Gasteiger partial charge in [-0.3, -0.25) is 9.78 Å². The Kier molecular flexibility index (Phi) is 5.00. The standard InChI is InChI=1S/C19H18F2N6O/c1-10-13(20)6-7-16(24-10)19(2,3)25-18-23-9-15(26-27-18)12-8-11(17(22)28)4-5-14(12)21/h4-9H,1-3H3,(H2,22,28)(H,23,25,27). The summed E-state index contributed by atoms with van der Waals surface area (Å²) in [6.07, 6.45) is 1.33. The topological polar surface area (TPSA) is 107 Å². The Bertz CT molecular complexity index is 1040. The Morgan fingerprint density at radius 3 is 2.43 bits per heavy atom. The van der Waals surface area contributed by atoms with E-state index in [-0.39, 0.29) is 34.3 Å². The molecule has 3 N–H and O–H groups in total. The van der Waals surface area contributed by atoms with Crippen molar-refractivity contribution in [2.45, 2.75) is 26.3 Å². The SMILES string of the molecule is Cc1nc(C(C)(C)Nc2ncc(-c3cc(C(N)=O)ccc3F)nn2)ccc1F. The second-order valence-electron chi connectivity index (χ2n) is 6.74. The third-order valence-corrected chi connectivity index (χ3v) is 4.17. The Hall–Kier alpha value is -3.49. The normalized spacial score (nSPS) is 11.3. The fourth-order valence-electron chi connectivity index (χ4n) is 2.57. The molecule has 3 aromatic rings. The molecule has 0 aliphatic heterocycles. The van der Waals surface area contributed by atoms with E-state index >= 15 is 0 Å². The molecule has 0 fully saturated rings. The van der Waals surface area contributed by atoms with E-state index in [1.54, 1.807) is 13.0 Å². The predicted molar refractivity (Wildman–Crippen MR) is 99.3 cm³/mol. The first-order chi connectivity index (χ1) is 13.2. The van der Waals surface area contributed by atoms with Gasteiger partial charge in [0.05, 0.1) is 23.1 Å². The van der Waals surface area contributed by atoms with Gasteiger partial charge in [-0.25, -0.2) is 13.8 Å². The number of aromatic nitrogens is 4. The van der Waals surface area contributed by atoms with Crippen molar-refractivity contribution in [1.82, 2.24) is 20.2 Å². The number of nitrogens with one attached hydrogen (secondary N) is 1. The summed E-state index contributed by atoms with van der Waals surface area (Å²) in [5.41, 5.74) is 5.77. The Morgan fingerprint density at radius 2 is 1.82 bits per heavy atom. The van der Waals surface area contributed by atoms with E-state index in [0.717, 1.165) is 6.07 Å². The average Bonchev–Trinajstić information content (AvgIpc) is 2.64. The molecule has 7 nitrogen and oxygen atoms in total. The van der Waals surface area contributed by atoms with E-state index in [1.807, 2.05) is 13.8 Å². The fourth-order valence-corrected chi connectivity index (χ4v) is 2.57. The zero-order chi connectivity index (χ0) is 20.5. The summed E-state index contributed by atoms with van der Waals surface area (Å²) in [4.78, 5) is 19.7. The van der Waals surface area contributed by atoms with Crippen LogP contribution in [-0.4, -0.2) is 26.1 Å². The number of anilines is 1. The van der Waals surface area contributed by atoms with Crippen molar-refractivity contribution in [3.8, 4) is 11.3 Å². The molecule has 0 saturated heterocycles. The monoisotopic (exact) mass is 384 g/mol. The number of carbonyl (C=O) groups excluding carboxylic acids is 1. The minimum absolute atomic E-state index is 0.0675. The van der Waals surface area contributed by atoms with Gasteiger partial charge in [-0.15, -0.1) is 10.2 Å². The number of rotatable bonds is 5. The van der Waals surface area contributed by atoms with Crippen LogP contribution in [0.25, 0.3) is 11.3 Å². The second kappa shape index (κ2) is 7.26. The maximum atomic E-state index is 14.1. The van der Waals surface area contributed by atoms with Crippen molar-refractivity contribution in [3.63, 3.8) is 0 Å². The van der Waals surface area contributed by atoms with Gasteiger partial charge in [0.1, 0.15) is 17.3 Å². The third kappa shape index (κ3) is 3.93. The van der Waals surface area contributed by atoms with Crippen LogP contribution >= 0.6 is 0 Å². The van der Waals surface area contributed by atoms with Crippen LogP contribution in [0.2, 0.25) is 0 Å². The summed E-state index contributed by atoms with van der Waals surface area (Å²) in [6.45, 7) is 5.25. The van der Waals surface area contributed by atoms with Crippen LogP contribution in [0.1, 0.15) is 35.6 Å². The zero-order valence-electron chi connectivity index (χ0n) is 15.5. The first-order valence-electron chi connectivity index (χ1n) is 8.38. The zero-order valence-corrected chi connectivity index (χ0v) is 15.5. The number of primary amides is 1. The number of halogens is 2. The first kappa shape index (κ1) is 19.3. The maximum Gasteiger partial charge on any atom is 0.248 e. The second-order valence-corrected chi connectivity index (χ2v) is 6.74. The lowest BCUT2D eigenvalue weighted by Crippen LogP contribution is -2.30. The number of carbonyl (C=O) groups is 1. The predicted octanol–water partition coefficient (Wildman–Crippen LogP) is 2.97. The van der Waals surface area contributed by atoms with E-state index in [2.05, 4.69) is 25.5 Å². The van der Waals surface area contributed by atoms with Crippen LogP contribution in [0.3, 0.4) is 0 Å². The molecule has 28 heavy (non-hydrogen) atoms. The summed E-state index contributed by atoms with van der Waals surface area (Å²) < 4.78 is 27.5. The lowest BCUT2D eigenvalue weighted by Gasteiger charge is -2.25. The highest BCUT2D eigenvalue weighted by molar-refractivity contribution is 5.94. The number of nitrogens with zero attached hydrogens (tertiary/aromatic N) is 4. The fraction of sp³-hybridized carbons (Fsp3) is 0.211. The van der Waals surface area contributed by atoms with Crippen LogP contribution in [0.5, 0.6) is 0 Å². The van der Waals surface area contributed by atoms with E-state index in [0.29, 0.717) is 5.69 Å². The van der Waals surface area contributed by atoms with Crippen LogP contribution < -0.4 is 11.1 Å².